The maximum Gasteiger partial charge on any atom is 0.0417 e. The smallest absolute Gasteiger partial charge is 0.0417 e. The van der Waals surface area contributed by atoms with E-state index in [1.165, 1.54) is 6.42 Å². The highest BCUT2D eigenvalue weighted by molar-refractivity contribution is 9.10. The van der Waals surface area contributed by atoms with Gasteiger partial charge in [-0.05, 0) is 24.1 Å². The van der Waals surface area contributed by atoms with E-state index in [2.05, 4.69) is 22.9 Å². The number of hydrogen-bond acceptors (Lipinski definition) is 1. The number of hydrogen-bond donors (Lipinski definition) is 1. The van der Waals surface area contributed by atoms with Gasteiger partial charge in [-0.1, -0.05) is 53.4 Å². The first-order valence-electron chi connectivity index (χ1n) is 4.85. The standard InChI is InChI=1S/C11H15BrClN.ClH/c1-2-3-4-11(14)9-6-5-8(13)7-10(9)12;/h5-7,11H,2-4,14H2,1H3;1H/t11-;/m0./s1. The largest absolute Gasteiger partial charge is 0.324 e. The minimum Gasteiger partial charge on any atom is -0.324 e. The minimum absolute atomic E-state index is 0. The van der Waals surface area contributed by atoms with Crippen LogP contribution < -0.4 is 5.73 Å². The van der Waals surface area contributed by atoms with Crippen molar-refractivity contribution < 1.29 is 0 Å². The fourth-order valence-corrected chi connectivity index (χ4v) is 2.36. The van der Waals surface area contributed by atoms with Crippen LogP contribution in [0.3, 0.4) is 0 Å². The average molecular weight is 313 g/mol. The first kappa shape index (κ1) is 15.2. The van der Waals surface area contributed by atoms with Crippen LogP contribution in [0.2, 0.25) is 5.02 Å². The van der Waals surface area contributed by atoms with Gasteiger partial charge < -0.3 is 5.73 Å². The molecule has 0 heterocycles. The molecule has 1 aromatic rings. The van der Waals surface area contributed by atoms with E-state index >= 15 is 0 Å². The van der Waals surface area contributed by atoms with E-state index in [4.69, 9.17) is 17.3 Å². The topological polar surface area (TPSA) is 26.0 Å². The lowest BCUT2D eigenvalue weighted by Gasteiger charge is -2.13. The van der Waals surface area contributed by atoms with Crippen molar-refractivity contribution in [1.29, 1.82) is 0 Å². The number of rotatable bonds is 4. The van der Waals surface area contributed by atoms with Crippen LogP contribution in [0.25, 0.3) is 0 Å². The first-order valence-corrected chi connectivity index (χ1v) is 6.02. The highest BCUT2D eigenvalue weighted by Gasteiger charge is 2.09. The van der Waals surface area contributed by atoms with Gasteiger partial charge in [0.25, 0.3) is 0 Å². The quantitative estimate of drug-likeness (QED) is 0.855. The van der Waals surface area contributed by atoms with Gasteiger partial charge in [-0.25, -0.2) is 0 Å². The van der Waals surface area contributed by atoms with Crippen LogP contribution in [0.1, 0.15) is 37.8 Å². The minimum atomic E-state index is 0. The van der Waals surface area contributed by atoms with Gasteiger partial charge in [0.2, 0.25) is 0 Å². The predicted molar refractivity (Wildman–Crippen MR) is 72.9 cm³/mol. The van der Waals surface area contributed by atoms with Gasteiger partial charge in [-0.15, -0.1) is 12.4 Å². The molecule has 1 atom stereocenters. The summed E-state index contributed by atoms with van der Waals surface area (Å²) < 4.78 is 1.01. The summed E-state index contributed by atoms with van der Waals surface area (Å²) in [6.07, 6.45) is 3.37. The maximum absolute atomic E-state index is 6.06. The summed E-state index contributed by atoms with van der Waals surface area (Å²) in [5.74, 6) is 0. The van der Waals surface area contributed by atoms with E-state index in [1.54, 1.807) is 0 Å². The van der Waals surface area contributed by atoms with Gasteiger partial charge in [-0.3, -0.25) is 0 Å². The van der Waals surface area contributed by atoms with Crippen LogP contribution in [0.4, 0.5) is 0 Å². The highest BCUT2D eigenvalue weighted by atomic mass is 79.9. The van der Waals surface area contributed by atoms with E-state index in [0.29, 0.717) is 0 Å². The van der Waals surface area contributed by atoms with Crippen molar-refractivity contribution in [2.24, 2.45) is 5.73 Å². The summed E-state index contributed by atoms with van der Waals surface area (Å²) in [6.45, 7) is 2.17. The Morgan fingerprint density at radius 1 is 1.47 bits per heavy atom. The van der Waals surface area contributed by atoms with Crippen molar-refractivity contribution in [2.45, 2.75) is 32.2 Å². The number of halogens is 3. The normalized spacial score (nSPS) is 12.0. The van der Waals surface area contributed by atoms with Crippen LogP contribution in [0.15, 0.2) is 22.7 Å². The average Bonchev–Trinajstić information content (AvgIpc) is 2.14. The highest BCUT2D eigenvalue weighted by Crippen LogP contribution is 2.27. The fourth-order valence-electron chi connectivity index (χ4n) is 1.38. The van der Waals surface area contributed by atoms with Crippen molar-refractivity contribution >= 4 is 39.9 Å². The Kier molecular flexibility index (Phi) is 7.62. The molecule has 1 nitrogen and oxygen atoms in total. The van der Waals surface area contributed by atoms with Crippen molar-refractivity contribution in [3.05, 3.63) is 33.3 Å². The van der Waals surface area contributed by atoms with Crippen LogP contribution in [-0.2, 0) is 0 Å². The van der Waals surface area contributed by atoms with Gasteiger partial charge in [-0.2, -0.15) is 0 Å². The second-order valence-electron chi connectivity index (χ2n) is 3.41. The van der Waals surface area contributed by atoms with Crippen molar-refractivity contribution in [1.82, 2.24) is 0 Å². The molecule has 0 aliphatic rings. The molecule has 86 valence electrons. The molecular weight excluding hydrogens is 297 g/mol. The van der Waals surface area contributed by atoms with Crippen molar-refractivity contribution in [3.63, 3.8) is 0 Å². The van der Waals surface area contributed by atoms with Crippen molar-refractivity contribution in [3.8, 4) is 0 Å². The SMILES string of the molecule is CCCC[C@H](N)c1ccc(Cl)cc1Br.Cl. The van der Waals surface area contributed by atoms with Gasteiger partial charge in [0.05, 0.1) is 0 Å². The Hall–Kier alpha value is 0.240. The first-order chi connectivity index (χ1) is 6.65. The summed E-state index contributed by atoms with van der Waals surface area (Å²) in [4.78, 5) is 0. The molecule has 1 rings (SSSR count). The van der Waals surface area contributed by atoms with Crippen LogP contribution in [0.5, 0.6) is 0 Å². The molecule has 0 fully saturated rings. The number of unbranched alkanes of at least 4 members (excludes halogenated alkanes) is 1. The molecule has 0 aliphatic carbocycles. The number of benzene rings is 1. The molecule has 0 saturated heterocycles. The molecule has 0 bridgehead atoms. The molecule has 0 aliphatic heterocycles. The summed E-state index contributed by atoms with van der Waals surface area (Å²) >= 11 is 9.33. The van der Waals surface area contributed by atoms with E-state index < -0.39 is 0 Å². The Morgan fingerprint density at radius 3 is 2.67 bits per heavy atom. The fraction of sp³-hybridized carbons (Fsp3) is 0.455. The summed E-state index contributed by atoms with van der Waals surface area (Å²) in [6, 6.07) is 5.88. The molecule has 0 unspecified atom stereocenters. The molecule has 0 spiro atoms. The molecular formula is C11H16BrCl2N. The third kappa shape index (κ3) is 4.73. The second-order valence-corrected chi connectivity index (χ2v) is 4.71. The zero-order chi connectivity index (χ0) is 10.6. The molecule has 1 aromatic carbocycles. The predicted octanol–water partition coefficient (Wildman–Crippen LogP) is 4.71. The number of nitrogens with two attached hydrogens (primary N) is 1. The summed E-state index contributed by atoms with van der Waals surface area (Å²) in [7, 11) is 0. The molecule has 15 heavy (non-hydrogen) atoms. The summed E-state index contributed by atoms with van der Waals surface area (Å²) in [5, 5.41) is 0.739. The third-order valence-electron chi connectivity index (χ3n) is 2.23. The zero-order valence-corrected chi connectivity index (χ0v) is 11.8. The Labute approximate surface area is 111 Å². The zero-order valence-electron chi connectivity index (χ0n) is 8.67. The molecule has 0 amide bonds. The lowest BCUT2D eigenvalue weighted by molar-refractivity contribution is 0.602. The lowest BCUT2D eigenvalue weighted by atomic mass is 10.0. The molecule has 0 saturated carbocycles. The van der Waals surface area contributed by atoms with Crippen LogP contribution in [0, 0.1) is 0 Å². The van der Waals surface area contributed by atoms with Gasteiger partial charge >= 0.3 is 0 Å². The third-order valence-corrected chi connectivity index (χ3v) is 3.15. The summed E-state index contributed by atoms with van der Waals surface area (Å²) in [5.41, 5.74) is 7.20. The Morgan fingerprint density at radius 2 is 2.13 bits per heavy atom. The molecule has 0 radical (unpaired) electrons. The van der Waals surface area contributed by atoms with Crippen molar-refractivity contribution in [2.75, 3.05) is 0 Å². The maximum atomic E-state index is 6.06. The van der Waals surface area contributed by atoms with Gasteiger partial charge in [0, 0.05) is 15.5 Å². The van der Waals surface area contributed by atoms with Crippen LogP contribution >= 0.6 is 39.9 Å². The van der Waals surface area contributed by atoms with E-state index in [1.807, 2.05) is 18.2 Å². The van der Waals surface area contributed by atoms with Gasteiger partial charge in [0.15, 0.2) is 0 Å². The molecule has 0 aromatic heterocycles. The monoisotopic (exact) mass is 311 g/mol. The van der Waals surface area contributed by atoms with E-state index in [9.17, 15) is 0 Å². The van der Waals surface area contributed by atoms with E-state index in [-0.39, 0.29) is 18.4 Å². The molecule has 2 N–H and O–H groups in total. The second kappa shape index (κ2) is 7.50. The Bertz CT molecular complexity index is 305. The Balaban J connectivity index is 0.00000196. The van der Waals surface area contributed by atoms with Gasteiger partial charge in [0.1, 0.15) is 0 Å². The van der Waals surface area contributed by atoms with Crippen LogP contribution in [-0.4, -0.2) is 0 Å². The lowest BCUT2D eigenvalue weighted by Crippen LogP contribution is -2.10. The van der Waals surface area contributed by atoms with E-state index in [0.717, 1.165) is 27.9 Å². The molecule has 4 heteroatoms.